The second-order valence-electron chi connectivity index (χ2n) is 3.77. The molecule has 0 fully saturated rings. The van der Waals surface area contributed by atoms with Gasteiger partial charge in [0.2, 0.25) is 0 Å². The van der Waals surface area contributed by atoms with Crippen molar-refractivity contribution in [2.24, 2.45) is 0 Å². The molecular formula is C16H24O. The van der Waals surface area contributed by atoms with E-state index in [9.17, 15) is 5.11 Å². The molecule has 1 N–H and O–H groups in total. The zero-order valence-electron chi connectivity index (χ0n) is 11.6. The molecule has 1 aromatic carbocycles. The summed E-state index contributed by atoms with van der Waals surface area (Å²) in [6, 6.07) is 9.72. The summed E-state index contributed by atoms with van der Waals surface area (Å²) in [4.78, 5) is 0. The lowest BCUT2D eigenvalue weighted by molar-refractivity contribution is 0.218. The molecule has 0 spiro atoms. The topological polar surface area (TPSA) is 20.2 Å². The smallest absolute Gasteiger partial charge is 0.104 e. The van der Waals surface area contributed by atoms with Gasteiger partial charge in [-0.2, -0.15) is 0 Å². The third kappa shape index (κ3) is 5.01. The van der Waals surface area contributed by atoms with Gasteiger partial charge in [-0.15, -0.1) is 0 Å². The Morgan fingerprint density at radius 3 is 2.06 bits per heavy atom. The van der Waals surface area contributed by atoms with E-state index in [1.165, 1.54) is 0 Å². The van der Waals surface area contributed by atoms with Gasteiger partial charge in [0, 0.05) is 0 Å². The lowest BCUT2D eigenvalue weighted by Gasteiger charge is -2.14. The van der Waals surface area contributed by atoms with Crippen LogP contribution in [0.15, 0.2) is 53.6 Å². The summed E-state index contributed by atoms with van der Waals surface area (Å²) < 4.78 is 0. The van der Waals surface area contributed by atoms with Crippen molar-refractivity contribution in [1.82, 2.24) is 0 Å². The number of hydrogen-bond donors (Lipinski definition) is 1. The molecule has 1 nitrogen and oxygen atoms in total. The molecular weight excluding hydrogens is 208 g/mol. The van der Waals surface area contributed by atoms with Crippen LogP contribution in [-0.2, 0) is 0 Å². The first-order valence-electron chi connectivity index (χ1n) is 6.20. The molecule has 0 aliphatic heterocycles. The maximum atomic E-state index is 10.2. The molecule has 0 saturated heterocycles. The van der Waals surface area contributed by atoms with Gasteiger partial charge >= 0.3 is 0 Å². The molecule has 0 aliphatic carbocycles. The molecule has 0 amide bonds. The standard InChI is InChI=1S/C14H18O.C2H6/c1-4-8-13(11(2)3)14(15)12-9-6-5-7-10-12;1-2/h4-10,14-15H,1-3H3;1-2H3/b8-4-;. The van der Waals surface area contributed by atoms with Crippen molar-refractivity contribution >= 4 is 0 Å². The third-order valence-electron chi connectivity index (χ3n) is 2.33. The van der Waals surface area contributed by atoms with Gasteiger partial charge < -0.3 is 5.11 Å². The second kappa shape index (κ2) is 8.77. The highest BCUT2D eigenvalue weighted by molar-refractivity contribution is 5.34. The average molecular weight is 232 g/mol. The molecule has 1 atom stereocenters. The minimum absolute atomic E-state index is 0.521. The molecule has 94 valence electrons. The summed E-state index contributed by atoms with van der Waals surface area (Å²) >= 11 is 0. The molecule has 0 bridgehead atoms. The van der Waals surface area contributed by atoms with E-state index < -0.39 is 6.10 Å². The minimum atomic E-state index is -0.521. The lowest BCUT2D eigenvalue weighted by Crippen LogP contribution is -2.01. The molecule has 0 aromatic heterocycles. The Balaban J connectivity index is 0.00000121. The first kappa shape index (κ1) is 15.7. The van der Waals surface area contributed by atoms with Crippen LogP contribution in [0.5, 0.6) is 0 Å². The van der Waals surface area contributed by atoms with Crippen LogP contribution in [0.25, 0.3) is 0 Å². The van der Waals surface area contributed by atoms with Gasteiger partial charge in [-0.25, -0.2) is 0 Å². The van der Waals surface area contributed by atoms with Crippen LogP contribution >= 0.6 is 0 Å². The normalized spacial score (nSPS) is 11.6. The van der Waals surface area contributed by atoms with Gasteiger partial charge in [0.1, 0.15) is 6.10 Å². The highest BCUT2D eigenvalue weighted by Gasteiger charge is 2.11. The summed E-state index contributed by atoms with van der Waals surface area (Å²) in [5.41, 5.74) is 3.06. The van der Waals surface area contributed by atoms with Crippen molar-refractivity contribution in [2.75, 3.05) is 0 Å². The van der Waals surface area contributed by atoms with Gasteiger partial charge in [-0.1, -0.05) is 61.9 Å². The van der Waals surface area contributed by atoms with Gasteiger partial charge in [0.25, 0.3) is 0 Å². The Morgan fingerprint density at radius 1 is 1.12 bits per heavy atom. The molecule has 0 saturated carbocycles. The van der Waals surface area contributed by atoms with E-state index in [1.807, 2.05) is 77.1 Å². The Bertz CT molecular complexity index is 356. The lowest BCUT2D eigenvalue weighted by atomic mass is 9.98. The minimum Gasteiger partial charge on any atom is -0.384 e. The molecule has 1 heteroatoms. The molecule has 1 aromatic rings. The van der Waals surface area contributed by atoms with Crippen LogP contribution in [0.2, 0.25) is 0 Å². The number of rotatable bonds is 3. The zero-order valence-corrected chi connectivity index (χ0v) is 11.6. The van der Waals surface area contributed by atoms with Gasteiger partial charge in [-0.05, 0) is 31.9 Å². The summed E-state index contributed by atoms with van der Waals surface area (Å²) in [6.45, 7) is 9.99. The van der Waals surface area contributed by atoms with E-state index in [4.69, 9.17) is 0 Å². The predicted octanol–water partition coefficient (Wildman–Crippen LogP) is 4.66. The van der Waals surface area contributed by atoms with E-state index in [-0.39, 0.29) is 0 Å². The van der Waals surface area contributed by atoms with E-state index >= 15 is 0 Å². The van der Waals surface area contributed by atoms with Crippen LogP contribution in [0, 0.1) is 0 Å². The SMILES string of the molecule is C/C=C\C(=C(C)C)C(O)c1ccccc1.CC. The molecule has 0 radical (unpaired) electrons. The summed E-state index contributed by atoms with van der Waals surface area (Å²) in [5, 5.41) is 10.2. The zero-order chi connectivity index (χ0) is 13.3. The number of aliphatic hydroxyl groups excluding tert-OH is 1. The van der Waals surface area contributed by atoms with E-state index in [2.05, 4.69) is 0 Å². The Labute approximate surface area is 106 Å². The number of benzene rings is 1. The Kier molecular flexibility index (Phi) is 8.08. The molecule has 17 heavy (non-hydrogen) atoms. The Hall–Kier alpha value is -1.34. The van der Waals surface area contributed by atoms with Crippen molar-refractivity contribution in [2.45, 2.75) is 40.7 Å². The number of hydrogen-bond acceptors (Lipinski definition) is 1. The summed E-state index contributed by atoms with van der Waals surface area (Å²) in [5.74, 6) is 0. The fourth-order valence-electron chi connectivity index (χ4n) is 1.53. The van der Waals surface area contributed by atoms with Crippen molar-refractivity contribution in [3.63, 3.8) is 0 Å². The van der Waals surface area contributed by atoms with Crippen LogP contribution < -0.4 is 0 Å². The molecule has 1 unspecified atom stereocenters. The van der Waals surface area contributed by atoms with Crippen molar-refractivity contribution in [3.05, 3.63) is 59.2 Å². The van der Waals surface area contributed by atoms with Crippen LogP contribution in [0.3, 0.4) is 0 Å². The number of allylic oxidation sites excluding steroid dienone is 2. The quantitative estimate of drug-likeness (QED) is 0.751. The van der Waals surface area contributed by atoms with E-state index in [0.717, 1.165) is 16.7 Å². The average Bonchev–Trinajstić information content (AvgIpc) is 2.38. The molecule has 0 aliphatic rings. The highest BCUT2D eigenvalue weighted by atomic mass is 16.3. The van der Waals surface area contributed by atoms with Gasteiger partial charge in [-0.3, -0.25) is 0 Å². The Morgan fingerprint density at radius 2 is 1.65 bits per heavy atom. The largest absolute Gasteiger partial charge is 0.384 e. The number of aliphatic hydroxyl groups is 1. The van der Waals surface area contributed by atoms with E-state index in [0.29, 0.717) is 0 Å². The first-order chi connectivity index (χ1) is 8.16. The second-order valence-corrected chi connectivity index (χ2v) is 3.77. The fourth-order valence-corrected chi connectivity index (χ4v) is 1.53. The summed E-state index contributed by atoms with van der Waals surface area (Å²) in [7, 11) is 0. The van der Waals surface area contributed by atoms with Gasteiger partial charge in [0.15, 0.2) is 0 Å². The monoisotopic (exact) mass is 232 g/mol. The third-order valence-corrected chi connectivity index (χ3v) is 2.33. The van der Waals surface area contributed by atoms with Crippen LogP contribution in [-0.4, -0.2) is 5.11 Å². The predicted molar refractivity (Wildman–Crippen MR) is 75.9 cm³/mol. The highest BCUT2D eigenvalue weighted by Crippen LogP contribution is 2.24. The van der Waals surface area contributed by atoms with Crippen LogP contribution in [0.1, 0.15) is 46.3 Å². The summed E-state index contributed by atoms with van der Waals surface area (Å²) in [6.07, 6.45) is 3.40. The van der Waals surface area contributed by atoms with E-state index in [1.54, 1.807) is 0 Å². The van der Waals surface area contributed by atoms with Crippen molar-refractivity contribution in [3.8, 4) is 0 Å². The van der Waals surface area contributed by atoms with Crippen LogP contribution in [0.4, 0.5) is 0 Å². The maximum Gasteiger partial charge on any atom is 0.104 e. The fraction of sp³-hybridized carbons (Fsp3) is 0.375. The molecule has 0 heterocycles. The van der Waals surface area contributed by atoms with Crippen molar-refractivity contribution < 1.29 is 5.11 Å². The first-order valence-corrected chi connectivity index (χ1v) is 6.20. The van der Waals surface area contributed by atoms with Gasteiger partial charge in [0.05, 0.1) is 0 Å². The molecule has 1 rings (SSSR count). The maximum absolute atomic E-state index is 10.2. The van der Waals surface area contributed by atoms with Crippen molar-refractivity contribution in [1.29, 1.82) is 0 Å².